The molecule has 0 fully saturated rings. The minimum Gasteiger partial charge on any atom is -0.284 e. The number of halogens is 1. The summed E-state index contributed by atoms with van der Waals surface area (Å²) in [6, 6.07) is 9.82. The topological polar surface area (TPSA) is 115 Å². The van der Waals surface area contributed by atoms with E-state index >= 15 is 0 Å². The molecule has 9 heteroatoms. The molecule has 0 saturated heterocycles. The summed E-state index contributed by atoms with van der Waals surface area (Å²) < 4.78 is 0. The predicted molar refractivity (Wildman–Crippen MR) is 153 cm³/mol. The molecule has 2 aliphatic heterocycles. The number of aliphatic imine (C=N–C) groups is 1. The highest BCUT2D eigenvalue weighted by Gasteiger charge is 2.40. The third kappa shape index (κ3) is 4.75. The number of hydrogen-bond donors (Lipinski definition) is 1. The Balaban J connectivity index is 1.40. The Labute approximate surface area is 231 Å². The van der Waals surface area contributed by atoms with E-state index in [-0.39, 0.29) is 26.6 Å². The number of nitro groups is 2. The van der Waals surface area contributed by atoms with Gasteiger partial charge in [0.2, 0.25) is 0 Å². The van der Waals surface area contributed by atoms with Crippen LogP contribution in [0.4, 0.5) is 22.7 Å². The number of allylic oxidation sites excluding steroid dienone is 8. The van der Waals surface area contributed by atoms with E-state index in [4.69, 9.17) is 16.6 Å². The van der Waals surface area contributed by atoms with Gasteiger partial charge in [0.05, 0.1) is 26.7 Å². The first-order chi connectivity index (χ1) is 18.4. The number of nitrogens with two attached hydrogens (primary N) is 1. The van der Waals surface area contributed by atoms with Crippen molar-refractivity contribution < 1.29 is 15.2 Å². The fourth-order valence-corrected chi connectivity index (χ4v) is 5.87. The number of nitro benzene ring substituents is 2. The van der Waals surface area contributed by atoms with Crippen LogP contribution >= 0.6 is 11.6 Å². The first kappa shape index (κ1) is 26.7. The van der Waals surface area contributed by atoms with Crippen molar-refractivity contribution in [3.05, 3.63) is 114 Å². The Morgan fingerprint density at radius 2 is 1.56 bits per heavy atom. The van der Waals surface area contributed by atoms with Crippen LogP contribution in [-0.2, 0) is 10.8 Å². The summed E-state index contributed by atoms with van der Waals surface area (Å²) in [5, 5.41) is 25.3. The molecule has 0 saturated carbocycles. The van der Waals surface area contributed by atoms with E-state index in [1.165, 1.54) is 6.07 Å². The average Bonchev–Trinajstić information content (AvgIpc) is 3.30. The van der Waals surface area contributed by atoms with Crippen LogP contribution in [0.5, 0.6) is 0 Å². The third-order valence-corrected chi connectivity index (χ3v) is 8.55. The number of benzene rings is 2. The molecule has 1 aliphatic carbocycles. The molecular formula is C30H30ClN4O4+. The number of non-ortho nitro benzene ring substituents is 2. The molecule has 200 valence electrons. The Hall–Kier alpha value is -3.88. The predicted octanol–water partition coefficient (Wildman–Crippen LogP) is 7.10. The van der Waals surface area contributed by atoms with E-state index < -0.39 is 5.41 Å². The Morgan fingerprint density at radius 1 is 0.897 bits per heavy atom. The average molecular weight is 546 g/mol. The van der Waals surface area contributed by atoms with Crippen molar-refractivity contribution in [2.75, 3.05) is 0 Å². The van der Waals surface area contributed by atoms with Gasteiger partial charge in [0.1, 0.15) is 11.4 Å². The number of hydrogen-bond acceptors (Lipinski definition) is 5. The van der Waals surface area contributed by atoms with Crippen LogP contribution in [0.15, 0.2) is 87.6 Å². The minimum atomic E-state index is -0.462. The van der Waals surface area contributed by atoms with Crippen molar-refractivity contribution in [2.45, 2.75) is 57.8 Å². The van der Waals surface area contributed by atoms with Crippen molar-refractivity contribution in [2.24, 2.45) is 4.99 Å². The van der Waals surface area contributed by atoms with E-state index in [2.05, 4.69) is 31.3 Å². The van der Waals surface area contributed by atoms with Gasteiger partial charge in [-0.05, 0) is 68.0 Å². The zero-order valence-corrected chi connectivity index (χ0v) is 23.1. The molecule has 0 spiro atoms. The molecule has 3 aliphatic rings. The molecule has 0 aromatic heterocycles. The van der Waals surface area contributed by atoms with Gasteiger partial charge in [0, 0.05) is 46.3 Å². The van der Waals surface area contributed by atoms with Gasteiger partial charge in [-0.3, -0.25) is 30.5 Å². The minimum absolute atomic E-state index is 0.0631. The van der Waals surface area contributed by atoms with Gasteiger partial charge < -0.3 is 0 Å². The molecule has 5 rings (SSSR count). The zero-order chi connectivity index (χ0) is 28.1. The Bertz CT molecular complexity index is 1580. The van der Waals surface area contributed by atoms with Crippen LogP contribution < -0.4 is 5.32 Å². The summed E-state index contributed by atoms with van der Waals surface area (Å²) in [6.07, 6.45) is 10.8. The van der Waals surface area contributed by atoms with Crippen molar-refractivity contribution in [1.82, 2.24) is 0 Å². The van der Waals surface area contributed by atoms with Gasteiger partial charge in [0.25, 0.3) is 11.4 Å². The van der Waals surface area contributed by atoms with Crippen LogP contribution in [0.3, 0.4) is 0 Å². The van der Waals surface area contributed by atoms with Crippen LogP contribution in [0.1, 0.15) is 58.1 Å². The fourth-order valence-electron chi connectivity index (χ4n) is 5.55. The van der Waals surface area contributed by atoms with Crippen molar-refractivity contribution >= 4 is 40.1 Å². The first-order valence-electron chi connectivity index (χ1n) is 12.9. The molecule has 2 N–H and O–H groups in total. The Kier molecular flexibility index (Phi) is 6.64. The highest BCUT2D eigenvalue weighted by atomic mass is 35.5. The van der Waals surface area contributed by atoms with E-state index in [1.54, 1.807) is 24.3 Å². The number of quaternary nitrogens is 1. The van der Waals surface area contributed by atoms with Gasteiger partial charge in [-0.25, -0.2) is 0 Å². The SMILES string of the molecule is CC1(C)C(/C=C/C2=C(Cl)C(=C/C=C3\[NH2+]c4ccc([N+](=O)[O-])cc4C3(C)C)/CCC2)=Nc2ccc([N+](=O)[O-])cc21. The fraction of sp³-hybridized carbons (Fsp3) is 0.300. The lowest BCUT2D eigenvalue weighted by Gasteiger charge is -2.21. The highest BCUT2D eigenvalue weighted by Crippen LogP contribution is 2.43. The lowest BCUT2D eigenvalue weighted by atomic mass is 9.81. The van der Waals surface area contributed by atoms with E-state index in [9.17, 15) is 20.2 Å². The molecule has 2 aromatic rings. The maximum absolute atomic E-state index is 11.3. The normalized spacial score (nSPS) is 21.4. The summed E-state index contributed by atoms with van der Waals surface area (Å²) >= 11 is 6.88. The zero-order valence-electron chi connectivity index (χ0n) is 22.3. The van der Waals surface area contributed by atoms with Crippen molar-refractivity contribution in [3.8, 4) is 0 Å². The second-order valence-corrected chi connectivity index (χ2v) is 11.6. The van der Waals surface area contributed by atoms with E-state index in [0.717, 1.165) is 69.4 Å². The van der Waals surface area contributed by atoms with Gasteiger partial charge in [0.15, 0.2) is 0 Å². The third-order valence-electron chi connectivity index (χ3n) is 8.06. The molecule has 2 heterocycles. The maximum atomic E-state index is 11.3. The van der Waals surface area contributed by atoms with E-state index in [0.29, 0.717) is 0 Å². The largest absolute Gasteiger partial charge is 0.284 e. The lowest BCUT2D eigenvalue weighted by Crippen LogP contribution is -2.75. The molecule has 0 bridgehead atoms. The summed E-state index contributed by atoms with van der Waals surface area (Å²) in [7, 11) is 0. The molecular weight excluding hydrogens is 516 g/mol. The second kappa shape index (κ2) is 9.70. The molecule has 0 radical (unpaired) electrons. The molecule has 8 nitrogen and oxygen atoms in total. The standard InChI is InChI=1S/C30H29ClN4O4/c1-29(2)22-16-20(34(36)37)10-12-24(22)32-26(29)14-8-18-6-5-7-19(28(18)31)9-15-27-30(3,4)23-17-21(35(38)39)11-13-25(23)33-27/h8-17,32H,5-7H2,1-4H3/p+1/b15-9+,18-8+,26-14-. The van der Waals surface area contributed by atoms with Gasteiger partial charge >= 0.3 is 0 Å². The van der Waals surface area contributed by atoms with Crippen molar-refractivity contribution in [3.63, 3.8) is 0 Å². The van der Waals surface area contributed by atoms with Crippen LogP contribution in [-0.4, -0.2) is 15.6 Å². The van der Waals surface area contributed by atoms with E-state index in [1.807, 2.05) is 32.1 Å². The van der Waals surface area contributed by atoms with Crippen molar-refractivity contribution in [1.29, 1.82) is 0 Å². The summed E-state index contributed by atoms with van der Waals surface area (Å²) in [5.74, 6) is 0. The van der Waals surface area contributed by atoms with Gasteiger partial charge in [-0.1, -0.05) is 37.6 Å². The van der Waals surface area contributed by atoms with Crippen LogP contribution in [0.2, 0.25) is 0 Å². The smallest absolute Gasteiger partial charge is 0.270 e. The summed E-state index contributed by atoms with van der Waals surface area (Å²) in [5.41, 5.74) is 6.87. The molecule has 0 atom stereocenters. The van der Waals surface area contributed by atoms with Gasteiger partial charge in [-0.2, -0.15) is 0 Å². The molecule has 2 aromatic carbocycles. The summed E-state index contributed by atoms with van der Waals surface area (Å²) in [4.78, 5) is 26.5. The Morgan fingerprint density at radius 3 is 2.26 bits per heavy atom. The lowest BCUT2D eigenvalue weighted by molar-refractivity contribution is -0.515. The molecule has 0 unspecified atom stereocenters. The molecule has 39 heavy (non-hydrogen) atoms. The molecule has 0 amide bonds. The second-order valence-electron chi connectivity index (χ2n) is 11.2. The highest BCUT2D eigenvalue weighted by molar-refractivity contribution is 6.32. The number of fused-ring (bicyclic) bond motifs is 2. The maximum Gasteiger partial charge on any atom is 0.270 e. The summed E-state index contributed by atoms with van der Waals surface area (Å²) in [6.45, 7) is 8.19. The number of rotatable bonds is 5. The quantitative estimate of drug-likeness (QED) is 0.245. The van der Waals surface area contributed by atoms with Crippen LogP contribution in [0, 0.1) is 20.2 Å². The first-order valence-corrected chi connectivity index (χ1v) is 13.3. The van der Waals surface area contributed by atoms with Crippen LogP contribution in [0.25, 0.3) is 0 Å². The van der Waals surface area contributed by atoms with Gasteiger partial charge in [-0.15, -0.1) is 0 Å². The number of nitrogens with zero attached hydrogens (tertiary/aromatic N) is 3. The monoisotopic (exact) mass is 545 g/mol.